The van der Waals surface area contributed by atoms with E-state index in [1.54, 1.807) is 0 Å². The first-order valence-electron chi connectivity index (χ1n) is 10.6. The molecule has 2 aromatic carbocycles. The third-order valence-corrected chi connectivity index (χ3v) is 7.71. The predicted molar refractivity (Wildman–Crippen MR) is 120 cm³/mol. The van der Waals surface area contributed by atoms with E-state index in [-0.39, 0.29) is 28.0 Å². The minimum Gasteiger partial charge on any atom is -0.391 e. The van der Waals surface area contributed by atoms with E-state index in [2.05, 4.69) is 5.32 Å². The zero-order valence-electron chi connectivity index (χ0n) is 18.3. The van der Waals surface area contributed by atoms with Gasteiger partial charge in [0.15, 0.2) is 9.84 Å². The van der Waals surface area contributed by atoms with Gasteiger partial charge in [0.1, 0.15) is 17.7 Å². The van der Waals surface area contributed by atoms with Crippen molar-refractivity contribution in [1.29, 1.82) is 0 Å². The lowest BCUT2D eigenvalue weighted by Gasteiger charge is -2.30. The molecule has 1 heterocycles. The van der Waals surface area contributed by atoms with Crippen molar-refractivity contribution in [2.45, 2.75) is 48.9 Å². The van der Waals surface area contributed by atoms with E-state index < -0.39 is 56.5 Å². The number of hydrogen-bond donors (Lipinski definition) is 2. The van der Waals surface area contributed by atoms with Crippen molar-refractivity contribution in [3.63, 3.8) is 0 Å². The van der Waals surface area contributed by atoms with Gasteiger partial charge in [-0.2, -0.15) is 0 Å². The number of fused-ring (bicyclic) bond motifs is 1. The predicted octanol–water partition coefficient (Wildman–Crippen LogP) is 2.86. The van der Waals surface area contributed by atoms with E-state index in [0.717, 1.165) is 24.8 Å². The Morgan fingerprint density at radius 2 is 1.88 bits per heavy atom. The molecule has 2 aliphatic rings. The first-order chi connectivity index (χ1) is 15.9. The summed E-state index contributed by atoms with van der Waals surface area (Å²) in [6, 6.07) is 4.83. The molecule has 0 aromatic heterocycles. The summed E-state index contributed by atoms with van der Waals surface area (Å²) in [5.74, 6) is -2.79. The van der Waals surface area contributed by atoms with Crippen LogP contribution in [0.15, 0.2) is 41.3 Å². The lowest BCUT2D eigenvalue weighted by molar-refractivity contribution is -0.127. The molecule has 2 aromatic rings. The van der Waals surface area contributed by atoms with Crippen molar-refractivity contribution in [3.05, 3.63) is 64.2 Å². The second kappa shape index (κ2) is 8.90. The molecule has 0 bridgehead atoms. The Balaban J connectivity index is 1.59. The average Bonchev–Trinajstić information content (AvgIpc) is 3.43. The third kappa shape index (κ3) is 4.67. The molecule has 1 saturated carbocycles. The molecule has 0 spiro atoms. The van der Waals surface area contributed by atoms with Gasteiger partial charge in [-0.05, 0) is 56.0 Å². The number of carbonyl (C=O) groups is 2. The maximum atomic E-state index is 14.5. The van der Waals surface area contributed by atoms with Crippen LogP contribution in [-0.4, -0.2) is 54.7 Å². The number of nitrogens with zero attached hydrogens (tertiary/aromatic N) is 1. The maximum Gasteiger partial charge on any atom is 0.254 e. The van der Waals surface area contributed by atoms with Crippen LogP contribution in [0.3, 0.4) is 0 Å². The van der Waals surface area contributed by atoms with Gasteiger partial charge in [-0.15, -0.1) is 0 Å². The Morgan fingerprint density at radius 3 is 2.53 bits per heavy atom. The molecule has 1 aliphatic heterocycles. The second-order valence-electron chi connectivity index (χ2n) is 8.84. The first kappa shape index (κ1) is 24.6. The number of hydrogen-bond acceptors (Lipinski definition) is 5. The number of benzene rings is 2. The summed E-state index contributed by atoms with van der Waals surface area (Å²) in [5.41, 5.74) is -0.140. The number of aliphatic hydroxyl groups is 1. The van der Waals surface area contributed by atoms with Crippen LogP contribution in [-0.2, 0) is 14.6 Å². The topological polar surface area (TPSA) is 104 Å². The fraction of sp³-hybridized carbons (Fsp3) is 0.391. The zero-order valence-corrected chi connectivity index (χ0v) is 19.9. The monoisotopic (exact) mass is 512 g/mol. The first-order valence-corrected chi connectivity index (χ1v) is 12.9. The van der Waals surface area contributed by atoms with Gasteiger partial charge in [-0.3, -0.25) is 9.59 Å². The molecule has 2 amide bonds. The van der Waals surface area contributed by atoms with Gasteiger partial charge < -0.3 is 15.3 Å². The maximum absolute atomic E-state index is 14.5. The van der Waals surface area contributed by atoms with Gasteiger partial charge in [0.05, 0.1) is 22.1 Å². The van der Waals surface area contributed by atoms with Crippen molar-refractivity contribution in [3.8, 4) is 0 Å². The van der Waals surface area contributed by atoms with Gasteiger partial charge in [-0.1, -0.05) is 17.7 Å². The quantitative estimate of drug-likeness (QED) is 0.579. The molecular formula is C23H23ClF2N2O5S. The molecule has 2 fully saturated rings. The molecule has 2 N–H and O–H groups in total. The molecule has 34 heavy (non-hydrogen) atoms. The van der Waals surface area contributed by atoms with Gasteiger partial charge in [-0.25, -0.2) is 17.2 Å². The summed E-state index contributed by atoms with van der Waals surface area (Å²) < 4.78 is 52.2. The van der Waals surface area contributed by atoms with Crippen LogP contribution in [0.4, 0.5) is 8.78 Å². The van der Waals surface area contributed by atoms with Crippen molar-refractivity contribution in [2.24, 2.45) is 5.92 Å². The summed E-state index contributed by atoms with van der Waals surface area (Å²) in [7, 11) is -3.54. The molecule has 5 atom stereocenters. The van der Waals surface area contributed by atoms with Crippen molar-refractivity contribution in [1.82, 2.24) is 10.2 Å². The number of carbonyl (C=O) groups excluding carboxylic acids is 2. The molecule has 182 valence electrons. The Hall–Kier alpha value is -2.56. The van der Waals surface area contributed by atoms with Crippen molar-refractivity contribution in [2.75, 3.05) is 6.26 Å². The summed E-state index contributed by atoms with van der Waals surface area (Å²) in [6.07, 6.45) is 0.857. The van der Waals surface area contributed by atoms with E-state index in [4.69, 9.17) is 11.6 Å². The number of amides is 2. The summed E-state index contributed by atoms with van der Waals surface area (Å²) in [4.78, 5) is 27.9. The van der Waals surface area contributed by atoms with Crippen LogP contribution in [0.1, 0.15) is 41.7 Å². The minimum atomic E-state index is -3.54. The number of rotatable bonds is 6. The number of piperidine rings is 1. The summed E-state index contributed by atoms with van der Waals surface area (Å²) in [6.45, 7) is 1.32. The Labute approximate surface area is 200 Å². The SMILES string of the molecule is C[C@H](O)[C@@H](NC(=O)[C@H]1C[C@H]2C[C@H]2N1C(=O)c1cccc(S(C)(=O)=O)c1)c1cc(F)c(Cl)cc1F. The average molecular weight is 513 g/mol. The summed E-state index contributed by atoms with van der Waals surface area (Å²) in [5, 5.41) is 12.3. The highest BCUT2D eigenvalue weighted by atomic mass is 35.5. The fourth-order valence-corrected chi connectivity index (χ4v) is 5.29. The van der Waals surface area contributed by atoms with Crippen LogP contribution in [0.25, 0.3) is 0 Å². The Morgan fingerprint density at radius 1 is 1.18 bits per heavy atom. The largest absolute Gasteiger partial charge is 0.391 e. The van der Waals surface area contributed by atoms with E-state index in [0.29, 0.717) is 6.42 Å². The minimum absolute atomic E-state index is 0.0136. The third-order valence-electron chi connectivity index (χ3n) is 6.31. The molecule has 0 unspecified atom stereocenters. The Bertz CT molecular complexity index is 1270. The van der Waals surface area contributed by atoms with Crippen LogP contribution in [0.5, 0.6) is 0 Å². The number of sulfone groups is 1. The lowest BCUT2D eigenvalue weighted by Crippen LogP contribution is -2.50. The number of halogens is 3. The molecule has 1 saturated heterocycles. The van der Waals surface area contributed by atoms with Crippen LogP contribution >= 0.6 is 11.6 Å². The molecule has 4 rings (SSSR count). The number of likely N-dealkylation sites (tertiary alicyclic amines) is 1. The number of nitrogens with one attached hydrogen (secondary N) is 1. The van der Waals surface area contributed by atoms with E-state index in [9.17, 15) is 31.9 Å². The van der Waals surface area contributed by atoms with E-state index in [1.807, 2.05) is 0 Å². The van der Waals surface area contributed by atoms with Crippen molar-refractivity contribution >= 4 is 33.3 Å². The van der Waals surface area contributed by atoms with Gasteiger partial charge in [0.2, 0.25) is 5.91 Å². The van der Waals surface area contributed by atoms with Gasteiger partial charge in [0.25, 0.3) is 5.91 Å². The number of aliphatic hydroxyl groups excluding tert-OH is 1. The standard InChI is InChI=1S/C23H23ClF2N2O5S/c1-11(29)21(15-9-18(26)16(24)10-17(15)25)27-22(30)20-8-13-7-19(13)28(20)23(31)12-4-3-5-14(6-12)34(2,32)33/h3-6,9-11,13,19-21,29H,7-8H2,1-2H3,(H,27,30)/t11-,13+,19+,20+,21+/m0/s1. The Kier molecular flexibility index (Phi) is 6.43. The second-order valence-corrected chi connectivity index (χ2v) is 11.3. The molecule has 11 heteroatoms. The van der Waals surface area contributed by atoms with E-state index >= 15 is 0 Å². The molecule has 7 nitrogen and oxygen atoms in total. The van der Waals surface area contributed by atoms with E-state index in [1.165, 1.54) is 36.1 Å². The fourth-order valence-electron chi connectivity index (χ4n) is 4.48. The molecule has 0 radical (unpaired) electrons. The van der Waals surface area contributed by atoms with Crippen LogP contribution < -0.4 is 5.32 Å². The smallest absolute Gasteiger partial charge is 0.254 e. The summed E-state index contributed by atoms with van der Waals surface area (Å²) >= 11 is 5.61. The van der Waals surface area contributed by atoms with Crippen LogP contribution in [0, 0.1) is 17.6 Å². The lowest BCUT2D eigenvalue weighted by atomic mass is 10.00. The molecule has 1 aliphatic carbocycles. The highest BCUT2D eigenvalue weighted by molar-refractivity contribution is 7.90. The highest BCUT2D eigenvalue weighted by Gasteiger charge is 2.56. The van der Waals surface area contributed by atoms with Gasteiger partial charge in [0, 0.05) is 23.4 Å². The normalized spacial score (nSPS) is 23.2. The van der Waals surface area contributed by atoms with Crippen LogP contribution in [0.2, 0.25) is 5.02 Å². The zero-order chi connectivity index (χ0) is 24.9. The highest BCUT2D eigenvalue weighted by Crippen LogP contribution is 2.48. The van der Waals surface area contributed by atoms with Gasteiger partial charge >= 0.3 is 0 Å². The van der Waals surface area contributed by atoms with Crippen molar-refractivity contribution < 1.29 is 31.9 Å². The molecular weight excluding hydrogens is 490 g/mol.